The largest absolute Gasteiger partial charge is 0.469 e. The Hall–Kier alpha value is -3.36. The van der Waals surface area contributed by atoms with Gasteiger partial charge in [0.15, 0.2) is 0 Å². The second kappa shape index (κ2) is 20.4. The monoisotopic (exact) mass is 802 g/mol. The SMILES string of the molecule is COC(=O)C1COC2(CC2)CN(Cc2ccccc2)C1.COC(=O)CCBr.COC(=O)CCC1(C(=O)OC)COC2(CC2)CN(Cc2ccccc2)C1. The van der Waals surface area contributed by atoms with Crippen molar-refractivity contribution in [1.29, 1.82) is 0 Å². The van der Waals surface area contributed by atoms with Crippen LogP contribution in [0.5, 0.6) is 0 Å². The van der Waals surface area contributed by atoms with Gasteiger partial charge in [-0.3, -0.25) is 29.0 Å². The van der Waals surface area contributed by atoms with Gasteiger partial charge in [0.1, 0.15) is 5.41 Å². The van der Waals surface area contributed by atoms with Gasteiger partial charge in [0.2, 0.25) is 0 Å². The number of methoxy groups -OCH3 is 4. The van der Waals surface area contributed by atoms with Gasteiger partial charge >= 0.3 is 23.9 Å². The van der Waals surface area contributed by atoms with E-state index in [0.29, 0.717) is 37.9 Å². The molecule has 2 aromatic carbocycles. The molecule has 53 heavy (non-hydrogen) atoms. The average Bonchev–Trinajstić information content (AvgIpc) is 4.13. The molecule has 12 nitrogen and oxygen atoms in total. The number of nitrogens with zero attached hydrogens (tertiary/aromatic N) is 2. The fourth-order valence-corrected chi connectivity index (χ4v) is 7.08. The number of alkyl halides is 1. The van der Waals surface area contributed by atoms with Crippen LogP contribution in [0.2, 0.25) is 0 Å². The molecule has 4 fully saturated rings. The van der Waals surface area contributed by atoms with E-state index >= 15 is 0 Å². The Morgan fingerprint density at radius 1 is 0.698 bits per heavy atom. The molecule has 2 aromatic rings. The third kappa shape index (κ3) is 13.2. The second-order valence-electron chi connectivity index (χ2n) is 14.3. The van der Waals surface area contributed by atoms with Crippen LogP contribution in [0.15, 0.2) is 60.7 Å². The predicted molar refractivity (Wildman–Crippen MR) is 201 cm³/mol. The van der Waals surface area contributed by atoms with Crippen LogP contribution in [-0.4, -0.2) is 118 Å². The molecule has 0 aromatic heterocycles. The van der Waals surface area contributed by atoms with E-state index in [4.69, 9.17) is 23.7 Å². The number of hydrogen-bond acceptors (Lipinski definition) is 12. The van der Waals surface area contributed by atoms with Crippen molar-refractivity contribution in [2.45, 2.75) is 69.2 Å². The van der Waals surface area contributed by atoms with Crippen molar-refractivity contribution in [3.63, 3.8) is 0 Å². The number of esters is 4. The summed E-state index contributed by atoms with van der Waals surface area (Å²) in [5, 5.41) is 0.680. The lowest BCUT2D eigenvalue weighted by atomic mass is 9.83. The van der Waals surface area contributed by atoms with Gasteiger partial charge in [0, 0.05) is 51.0 Å². The third-order valence-corrected chi connectivity index (χ3v) is 10.5. The van der Waals surface area contributed by atoms with Crippen molar-refractivity contribution in [2.75, 3.05) is 73.2 Å². The third-order valence-electron chi connectivity index (χ3n) is 10.1. The highest BCUT2D eigenvalue weighted by molar-refractivity contribution is 9.09. The summed E-state index contributed by atoms with van der Waals surface area (Å²) in [5.41, 5.74) is 1.45. The van der Waals surface area contributed by atoms with Gasteiger partial charge in [-0.2, -0.15) is 0 Å². The first-order valence-corrected chi connectivity index (χ1v) is 19.3. The summed E-state index contributed by atoms with van der Waals surface area (Å²) in [6.07, 6.45) is 5.20. The van der Waals surface area contributed by atoms with Crippen molar-refractivity contribution in [3.8, 4) is 0 Å². The Labute approximate surface area is 321 Å². The first-order chi connectivity index (χ1) is 25.5. The molecule has 2 atom stereocenters. The molecule has 2 aliphatic carbocycles. The van der Waals surface area contributed by atoms with Gasteiger partial charge in [0.05, 0.1) is 65.2 Å². The minimum Gasteiger partial charge on any atom is -0.469 e. The molecule has 292 valence electrons. The molecule has 0 radical (unpaired) electrons. The van der Waals surface area contributed by atoms with E-state index < -0.39 is 5.41 Å². The molecule has 2 saturated heterocycles. The van der Waals surface area contributed by atoms with Crippen LogP contribution in [0.1, 0.15) is 56.1 Å². The van der Waals surface area contributed by atoms with Gasteiger partial charge in [0.25, 0.3) is 0 Å². The molecule has 0 N–H and O–H groups in total. The zero-order valence-corrected chi connectivity index (χ0v) is 33.1. The van der Waals surface area contributed by atoms with Gasteiger partial charge in [-0.1, -0.05) is 76.6 Å². The van der Waals surface area contributed by atoms with Crippen LogP contribution in [0, 0.1) is 11.3 Å². The minimum absolute atomic E-state index is 0.00243. The normalized spacial score (nSPS) is 22.7. The van der Waals surface area contributed by atoms with E-state index in [1.165, 1.54) is 39.6 Å². The maximum absolute atomic E-state index is 12.7. The lowest BCUT2D eigenvalue weighted by Crippen LogP contribution is -2.45. The number of halogens is 1. The molecule has 2 heterocycles. The van der Waals surface area contributed by atoms with Crippen LogP contribution in [0.25, 0.3) is 0 Å². The van der Waals surface area contributed by atoms with E-state index in [2.05, 4.69) is 54.7 Å². The zero-order chi connectivity index (χ0) is 38.3. The standard InChI is InChI=1S/C20H27NO5.C16H21NO3.C4H7BrO2/c1-24-17(22)8-9-19(18(23)25-2)13-21(12-16-6-4-3-5-7-16)14-20(10-11-20)26-15-19;1-19-15(18)14-10-17(9-13-5-3-2-4-6-13)12-16(7-8-16)20-11-14;1-7-4(6)2-3-5/h3-7H,8-15H2,1-2H3;2-6,14H,7-12H2,1H3;2-3H2,1H3. The number of carbonyl (C=O) groups is 4. The van der Waals surface area contributed by atoms with Crippen molar-refractivity contribution < 1.29 is 47.6 Å². The smallest absolute Gasteiger partial charge is 0.315 e. The highest BCUT2D eigenvalue weighted by Crippen LogP contribution is 2.46. The Bertz CT molecular complexity index is 1470. The zero-order valence-electron chi connectivity index (χ0n) is 31.5. The molecule has 2 unspecified atom stereocenters. The first-order valence-electron chi connectivity index (χ1n) is 18.2. The highest BCUT2D eigenvalue weighted by atomic mass is 79.9. The molecule has 4 aliphatic rings. The van der Waals surface area contributed by atoms with E-state index in [9.17, 15) is 19.2 Å². The number of carbonyl (C=O) groups excluding carboxylic acids is 4. The topological polar surface area (TPSA) is 130 Å². The molecule has 2 saturated carbocycles. The Morgan fingerprint density at radius 3 is 1.72 bits per heavy atom. The molecular weight excluding hydrogens is 748 g/mol. The summed E-state index contributed by atoms with van der Waals surface area (Å²) >= 11 is 3.09. The lowest BCUT2D eigenvalue weighted by Gasteiger charge is -2.32. The van der Waals surface area contributed by atoms with Crippen molar-refractivity contribution >= 4 is 39.8 Å². The Kier molecular flexibility index (Phi) is 16.3. The highest BCUT2D eigenvalue weighted by Gasteiger charge is 2.53. The molecule has 2 spiro atoms. The average molecular weight is 804 g/mol. The van der Waals surface area contributed by atoms with Crippen molar-refractivity contribution in [1.82, 2.24) is 9.80 Å². The molecule has 13 heteroatoms. The summed E-state index contributed by atoms with van der Waals surface area (Å²) in [7, 11) is 5.58. The van der Waals surface area contributed by atoms with Gasteiger partial charge in [-0.25, -0.2) is 0 Å². The van der Waals surface area contributed by atoms with Crippen LogP contribution >= 0.6 is 15.9 Å². The van der Waals surface area contributed by atoms with E-state index in [1.807, 2.05) is 36.4 Å². The Morgan fingerprint density at radius 2 is 1.23 bits per heavy atom. The Balaban J connectivity index is 0.000000205. The van der Waals surface area contributed by atoms with Crippen molar-refractivity contribution in [3.05, 3.63) is 71.8 Å². The van der Waals surface area contributed by atoms with E-state index in [1.54, 1.807) is 0 Å². The summed E-state index contributed by atoms with van der Waals surface area (Å²) in [4.78, 5) is 50.9. The van der Waals surface area contributed by atoms with Gasteiger partial charge < -0.3 is 28.4 Å². The summed E-state index contributed by atoms with van der Waals surface area (Å²) < 4.78 is 31.2. The van der Waals surface area contributed by atoms with Crippen molar-refractivity contribution in [2.24, 2.45) is 11.3 Å². The van der Waals surface area contributed by atoms with Crippen LogP contribution in [0.4, 0.5) is 0 Å². The molecule has 6 rings (SSSR count). The quantitative estimate of drug-likeness (QED) is 0.173. The molecular formula is C40H55BrN2O10. The summed E-state index contributed by atoms with van der Waals surface area (Å²) in [6, 6.07) is 20.6. The fourth-order valence-electron chi connectivity index (χ4n) is 6.76. The lowest BCUT2D eigenvalue weighted by molar-refractivity contribution is -0.159. The predicted octanol–water partition coefficient (Wildman–Crippen LogP) is 4.95. The fraction of sp³-hybridized carbons (Fsp3) is 0.600. The minimum atomic E-state index is -0.857. The number of hydrogen-bond donors (Lipinski definition) is 0. The first kappa shape index (κ1) is 42.4. The molecule has 2 aliphatic heterocycles. The maximum atomic E-state index is 12.7. The van der Waals surface area contributed by atoms with Crippen LogP contribution in [0.3, 0.4) is 0 Å². The van der Waals surface area contributed by atoms with Gasteiger partial charge in [-0.15, -0.1) is 0 Å². The maximum Gasteiger partial charge on any atom is 0.315 e. The van der Waals surface area contributed by atoms with Gasteiger partial charge in [-0.05, 0) is 43.2 Å². The van der Waals surface area contributed by atoms with E-state index in [-0.39, 0.29) is 54.0 Å². The van der Waals surface area contributed by atoms with Crippen LogP contribution in [-0.2, 0) is 60.7 Å². The summed E-state index contributed by atoms with van der Waals surface area (Å²) in [6.45, 7) is 5.28. The van der Waals surface area contributed by atoms with Crippen LogP contribution < -0.4 is 0 Å². The number of benzene rings is 2. The van der Waals surface area contributed by atoms with E-state index in [0.717, 1.165) is 51.9 Å². The molecule has 0 bridgehead atoms. The number of rotatable bonds is 11. The summed E-state index contributed by atoms with van der Waals surface area (Å²) in [5.74, 6) is -1.16. The molecule has 0 amide bonds. The second-order valence-corrected chi connectivity index (χ2v) is 15.1. The number of ether oxygens (including phenoxy) is 6.